The maximum atomic E-state index is 11.6. The molecule has 0 aromatic heterocycles. The Bertz CT molecular complexity index is 292. The Morgan fingerprint density at radius 1 is 1.27 bits per heavy atom. The Balaban J connectivity index is 5.33. The molecule has 0 spiro atoms. The fraction of sp³-hybridized carbons (Fsp3) is 1.00. The first-order valence-corrected chi connectivity index (χ1v) is 7.03. The Kier molecular flexibility index (Phi) is 5.40. The molecular weight excluding hydrogens is 207 g/mol. The molecule has 86 valence electrons. The number of hydrogen-bond donors (Lipinski definition) is 1. The fourth-order valence-corrected chi connectivity index (χ4v) is 3.78. The van der Waals surface area contributed by atoms with Gasteiger partial charge in [-0.2, -0.15) is 0 Å². The maximum absolute atomic E-state index is 11.6. The fourth-order valence-electron chi connectivity index (χ4n) is 2.24. The van der Waals surface area contributed by atoms with Crippen LogP contribution in [0.1, 0.15) is 53.4 Å². The van der Waals surface area contributed by atoms with Crippen molar-refractivity contribution in [1.82, 2.24) is 0 Å². The van der Waals surface area contributed by atoms with Gasteiger partial charge in [0.2, 0.25) is 0 Å². The molecule has 0 saturated heterocycles. The monoisotopic (exact) mass is 228 g/mol. The predicted molar refractivity (Wildman–Crippen MR) is 63.9 cm³/mol. The summed E-state index contributed by atoms with van der Waals surface area (Å²) < 4.78 is 31.2. The summed E-state index contributed by atoms with van der Waals surface area (Å²) in [6, 6.07) is 0. The minimum absolute atomic E-state index is 0.440. The molecule has 0 radical (unpaired) electrons. The second-order valence-corrected chi connectivity index (χ2v) is 6.91. The second kappa shape index (κ2) is 5.22. The third kappa shape index (κ3) is 3.23. The zero-order chi connectivity index (χ0) is 12.3. The zero-order valence-corrected chi connectivity index (χ0v) is 11.3. The van der Waals surface area contributed by atoms with Gasteiger partial charge in [-0.15, -0.1) is 0 Å². The molecule has 0 bridgehead atoms. The van der Waals surface area contributed by atoms with Crippen LogP contribution in [0, 0.1) is 0 Å². The third-order valence-electron chi connectivity index (χ3n) is 3.37. The quantitative estimate of drug-likeness (QED) is 0.561. The molecule has 0 amide bonds. The van der Waals surface area contributed by atoms with Crippen LogP contribution in [0.15, 0.2) is 0 Å². The molecule has 1 N–H and O–H groups in total. The summed E-state index contributed by atoms with van der Waals surface area (Å²) in [6.45, 7) is 7.60. The normalized spacial score (nSPS) is 17.5. The first-order valence-electron chi connectivity index (χ1n) is 5.59. The van der Waals surface area contributed by atoms with Crippen LogP contribution in [0.5, 0.6) is 0 Å². The van der Waals surface area contributed by atoms with Crippen molar-refractivity contribution in [3.63, 3.8) is 0 Å². The molecule has 0 aliphatic heterocycles. The van der Waals surface area contributed by atoms with E-state index >= 15 is 0 Å². The molecule has 0 aliphatic carbocycles. The van der Waals surface area contributed by atoms with Gasteiger partial charge in [-0.25, -0.2) is 0 Å². The molecule has 0 heterocycles. The van der Waals surface area contributed by atoms with E-state index < -0.39 is 19.0 Å². The van der Waals surface area contributed by atoms with Gasteiger partial charge in [0.15, 0.2) is 0 Å². The average molecular weight is 228 g/mol. The van der Waals surface area contributed by atoms with Crippen LogP contribution in [-0.4, -0.2) is 35.4 Å². The predicted octanol–water partition coefficient (Wildman–Crippen LogP) is 2.58. The molecule has 3 nitrogen and oxygen atoms in total. The van der Waals surface area contributed by atoms with Crippen LogP contribution in [0.4, 0.5) is 0 Å². The number of hydrogen-bond acceptors (Lipinski definition) is 2. The van der Waals surface area contributed by atoms with Crippen LogP contribution >= 0.6 is 0 Å². The summed E-state index contributed by atoms with van der Waals surface area (Å²) in [5.41, 5.74) is 0. The first-order chi connectivity index (χ1) is 6.62. The van der Waals surface area contributed by atoms with E-state index in [1.165, 1.54) is 0 Å². The van der Waals surface area contributed by atoms with Crippen molar-refractivity contribution in [2.75, 3.05) is 0 Å². The molecule has 0 rings (SSSR count). The summed E-state index contributed by atoms with van der Waals surface area (Å²) in [4.78, 5) is 0. The van der Waals surface area contributed by atoms with Crippen molar-refractivity contribution in [3.05, 3.63) is 0 Å². The summed E-state index contributed by atoms with van der Waals surface area (Å²) >= 11 is 1.87. The van der Waals surface area contributed by atoms with Gasteiger partial charge in [-0.1, -0.05) is 0 Å². The summed E-state index contributed by atoms with van der Waals surface area (Å²) in [7, 11) is -4.01. The Morgan fingerprint density at radius 3 is 1.93 bits per heavy atom. The van der Waals surface area contributed by atoms with Crippen molar-refractivity contribution in [2.24, 2.45) is 0 Å². The van der Waals surface area contributed by atoms with E-state index in [-0.39, 0.29) is 0 Å². The molecule has 0 fully saturated rings. The van der Waals surface area contributed by atoms with Gasteiger partial charge in [-0.05, 0) is 0 Å². The SMILES string of the molecule is [Li][C](C)(C)C(CC)(CCCC)S(=O)(=O)O. The van der Waals surface area contributed by atoms with E-state index in [2.05, 4.69) is 0 Å². The van der Waals surface area contributed by atoms with E-state index in [9.17, 15) is 13.0 Å². The van der Waals surface area contributed by atoms with E-state index in [1.54, 1.807) is 0 Å². The minimum atomic E-state index is -4.01. The standard InChI is InChI=1S/C10H21O3S.Li/c1-5-7-8-10(6-2,9(3)4)14(11,12)13;/h5-8H2,1-4H3,(H,11,12,13);. The van der Waals surface area contributed by atoms with Crippen LogP contribution in [0.2, 0.25) is 4.09 Å². The van der Waals surface area contributed by atoms with E-state index in [1.807, 2.05) is 45.4 Å². The molecule has 0 saturated carbocycles. The first kappa shape index (κ1) is 15.5. The summed E-state index contributed by atoms with van der Waals surface area (Å²) in [5, 5.41) is 0. The van der Waals surface area contributed by atoms with Crippen molar-refractivity contribution >= 4 is 27.8 Å². The second-order valence-electron chi connectivity index (χ2n) is 5.18. The molecular formula is C10H21LiO3S. The van der Waals surface area contributed by atoms with Crippen LogP contribution in [-0.2, 0) is 10.1 Å². The Labute approximate surface area is 103 Å². The average Bonchev–Trinajstić information content (AvgIpc) is 2.01. The van der Waals surface area contributed by atoms with E-state index in [4.69, 9.17) is 0 Å². The van der Waals surface area contributed by atoms with Crippen molar-refractivity contribution < 1.29 is 13.0 Å². The van der Waals surface area contributed by atoms with Gasteiger partial charge in [0.1, 0.15) is 0 Å². The van der Waals surface area contributed by atoms with Gasteiger partial charge in [0.05, 0.1) is 0 Å². The topological polar surface area (TPSA) is 54.4 Å². The molecule has 5 heteroatoms. The molecule has 1 atom stereocenters. The summed E-state index contributed by atoms with van der Waals surface area (Å²) in [5.74, 6) is 0. The molecule has 15 heavy (non-hydrogen) atoms. The Morgan fingerprint density at radius 2 is 1.73 bits per heavy atom. The molecule has 1 unspecified atom stereocenters. The Hall–Kier alpha value is 0.507. The van der Waals surface area contributed by atoms with Gasteiger partial charge < -0.3 is 0 Å². The van der Waals surface area contributed by atoms with Crippen molar-refractivity contribution in [2.45, 2.75) is 62.2 Å². The van der Waals surface area contributed by atoms with Gasteiger partial charge in [0, 0.05) is 0 Å². The van der Waals surface area contributed by atoms with Crippen LogP contribution in [0.25, 0.3) is 0 Å². The number of rotatable bonds is 6. The van der Waals surface area contributed by atoms with E-state index in [0.717, 1.165) is 12.8 Å². The van der Waals surface area contributed by atoms with Crippen LogP contribution in [0.3, 0.4) is 0 Å². The van der Waals surface area contributed by atoms with E-state index in [0.29, 0.717) is 12.8 Å². The van der Waals surface area contributed by atoms with Gasteiger partial charge in [0.25, 0.3) is 0 Å². The third-order valence-corrected chi connectivity index (χ3v) is 5.46. The zero-order valence-electron chi connectivity index (χ0n) is 10.5. The van der Waals surface area contributed by atoms with Crippen molar-refractivity contribution in [1.29, 1.82) is 0 Å². The molecule has 0 aromatic carbocycles. The molecule has 0 aromatic rings. The van der Waals surface area contributed by atoms with Gasteiger partial charge in [-0.3, -0.25) is 0 Å². The van der Waals surface area contributed by atoms with Crippen LogP contribution < -0.4 is 0 Å². The summed E-state index contributed by atoms with van der Waals surface area (Å²) in [6.07, 6.45) is 2.75. The number of unbranched alkanes of at least 4 members (excludes halogenated alkanes) is 1. The molecule has 0 aliphatic rings. The van der Waals surface area contributed by atoms with Gasteiger partial charge >= 0.3 is 103 Å². The van der Waals surface area contributed by atoms with Crippen molar-refractivity contribution in [3.8, 4) is 0 Å².